The molecular formula is C25H28ClN3O3. The summed E-state index contributed by atoms with van der Waals surface area (Å²) in [5.74, 6) is 0.104. The standard InChI is InChI=1S/C25H28ClN3O3/c1-4-32-21-11-5-17(6-12-21)22-23(28(3)19-13-15-27(2)16-14-19)25(31)29(24(22)30)20-9-7-18(26)8-10-20/h5-12,19H,4,13-16H2,1-3H3. The zero-order chi connectivity index (χ0) is 22.8. The van der Waals surface area contributed by atoms with Crippen LogP contribution in [0.1, 0.15) is 25.3 Å². The summed E-state index contributed by atoms with van der Waals surface area (Å²) >= 11 is 6.03. The van der Waals surface area contributed by atoms with Crippen LogP contribution in [0.5, 0.6) is 5.75 Å². The fourth-order valence-corrected chi connectivity index (χ4v) is 4.51. The number of anilines is 1. The number of hydrogen-bond donors (Lipinski definition) is 0. The molecule has 168 valence electrons. The van der Waals surface area contributed by atoms with Crippen molar-refractivity contribution in [1.29, 1.82) is 0 Å². The molecule has 0 atom stereocenters. The third kappa shape index (κ3) is 4.25. The first-order valence-electron chi connectivity index (χ1n) is 10.9. The van der Waals surface area contributed by atoms with E-state index in [-0.39, 0.29) is 17.9 Å². The Kier molecular flexibility index (Phi) is 6.53. The average molecular weight is 454 g/mol. The van der Waals surface area contributed by atoms with Gasteiger partial charge in [-0.2, -0.15) is 0 Å². The summed E-state index contributed by atoms with van der Waals surface area (Å²) in [5, 5.41) is 0.552. The number of hydrogen-bond acceptors (Lipinski definition) is 5. The molecule has 0 aromatic heterocycles. The molecule has 2 aliphatic heterocycles. The van der Waals surface area contributed by atoms with Crippen molar-refractivity contribution in [2.24, 2.45) is 0 Å². The predicted octanol–water partition coefficient (Wildman–Crippen LogP) is 4.05. The number of carbonyl (C=O) groups is 2. The predicted molar refractivity (Wildman–Crippen MR) is 127 cm³/mol. The fraction of sp³-hybridized carbons (Fsp3) is 0.360. The average Bonchev–Trinajstić information content (AvgIpc) is 3.05. The van der Waals surface area contributed by atoms with Crippen LogP contribution in [0.2, 0.25) is 5.02 Å². The van der Waals surface area contributed by atoms with Crippen molar-refractivity contribution in [1.82, 2.24) is 9.80 Å². The molecule has 0 saturated carbocycles. The molecule has 0 spiro atoms. The van der Waals surface area contributed by atoms with E-state index in [0.29, 0.717) is 34.2 Å². The number of halogens is 1. The number of ether oxygens (including phenoxy) is 1. The lowest BCUT2D eigenvalue weighted by Gasteiger charge is -2.36. The number of amides is 2. The van der Waals surface area contributed by atoms with Crippen LogP contribution in [-0.4, -0.2) is 61.4 Å². The second-order valence-electron chi connectivity index (χ2n) is 8.25. The number of benzene rings is 2. The topological polar surface area (TPSA) is 53.1 Å². The summed E-state index contributed by atoms with van der Waals surface area (Å²) in [6.07, 6.45) is 1.88. The first-order chi connectivity index (χ1) is 15.4. The van der Waals surface area contributed by atoms with Crippen LogP contribution in [0, 0.1) is 0 Å². The Morgan fingerprint density at radius 2 is 1.62 bits per heavy atom. The molecule has 2 aromatic carbocycles. The molecule has 2 aliphatic rings. The molecule has 0 N–H and O–H groups in total. The van der Waals surface area contributed by atoms with Gasteiger partial charge in [0.1, 0.15) is 11.4 Å². The summed E-state index contributed by atoms with van der Waals surface area (Å²) < 4.78 is 5.55. The van der Waals surface area contributed by atoms with Gasteiger partial charge < -0.3 is 14.5 Å². The van der Waals surface area contributed by atoms with Gasteiger partial charge in [-0.1, -0.05) is 23.7 Å². The van der Waals surface area contributed by atoms with Gasteiger partial charge in [-0.05, 0) is 81.9 Å². The van der Waals surface area contributed by atoms with Gasteiger partial charge in [0, 0.05) is 18.1 Å². The maximum Gasteiger partial charge on any atom is 0.282 e. The van der Waals surface area contributed by atoms with Gasteiger partial charge in [0.05, 0.1) is 17.9 Å². The normalized spacial score (nSPS) is 17.9. The van der Waals surface area contributed by atoms with Crippen LogP contribution in [0.3, 0.4) is 0 Å². The molecule has 6 nitrogen and oxygen atoms in total. The molecule has 2 aromatic rings. The second-order valence-corrected chi connectivity index (χ2v) is 8.68. The summed E-state index contributed by atoms with van der Waals surface area (Å²) in [4.78, 5) is 32.8. The van der Waals surface area contributed by atoms with E-state index < -0.39 is 0 Å². The number of carbonyl (C=O) groups excluding carboxylic acids is 2. The SMILES string of the molecule is CCOc1ccc(C2=C(N(C)C3CCN(C)CC3)C(=O)N(c3ccc(Cl)cc3)C2=O)cc1. The molecule has 0 unspecified atom stereocenters. The van der Waals surface area contributed by atoms with Crippen molar-refractivity contribution < 1.29 is 14.3 Å². The zero-order valence-electron chi connectivity index (χ0n) is 18.7. The summed E-state index contributed by atoms with van der Waals surface area (Å²) in [6.45, 7) is 4.41. The minimum absolute atomic E-state index is 0.195. The third-order valence-electron chi connectivity index (χ3n) is 6.19. The van der Waals surface area contributed by atoms with Crippen LogP contribution in [0.4, 0.5) is 5.69 Å². The Labute approximate surface area is 194 Å². The van der Waals surface area contributed by atoms with Crippen LogP contribution in [-0.2, 0) is 9.59 Å². The maximum absolute atomic E-state index is 13.6. The van der Waals surface area contributed by atoms with Gasteiger partial charge in [-0.3, -0.25) is 9.59 Å². The molecule has 4 rings (SSSR count). The van der Waals surface area contributed by atoms with Crippen LogP contribution < -0.4 is 9.64 Å². The molecular weight excluding hydrogens is 426 g/mol. The molecule has 2 amide bonds. The number of nitrogens with zero attached hydrogens (tertiary/aromatic N) is 3. The molecule has 7 heteroatoms. The Morgan fingerprint density at radius 3 is 2.22 bits per heavy atom. The number of piperidine rings is 1. The Bertz CT molecular complexity index is 1030. The lowest BCUT2D eigenvalue weighted by Crippen LogP contribution is -2.43. The molecule has 2 heterocycles. The Hall–Kier alpha value is -2.83. The lowest BCUT2D eigenvalue weighted by molar-refractivity contribution is -0.120. The quantitative estimate of drug-likeness (QED) is 0.617. The van der Waals surface area contributed by atoms with Crippen LogP contribution in [0.25, 0.3) is 5.57 Å². The largest absolute Gasteiger partial charge is 0.494 e. The van der Waals surface area contributed by atoms with E-state index >= 15 is 0 Å². The van der Waals surface area contributed by atoms with Crippen molar-refractivity contribution in [2.75, 3.05) is 38.7 Å². The smallest absolute Gasteiger partial charge is 0.282 e. The Morgan fingerprint density at radius 1 is 1.00 bits per heavy atom. The molecule has 0 radical (unpaired) electrons. The van der Waals surface area contributed by atoms with Crippen molar-refractivity contribution in [3.8, 4) is 5.75 Å². The van der Waals surface area contributed by atoms with Crippen LogP contribution in [0.15, 0.2) is 54.2 Å². The van der Waals surface area contributed by atoms with E-state index in [1.807, 2.05) is 43.1 Å². The molecule has 0 bridgehead atoms. The van der Waals surface area contributed by atoms with Gasteiger partial charge in [0.25, 0.3) is 11.8 Å². The van der Waals surface area contributed by atoms with Crippen molar-refractivity contribution in [2.45, 2.75) is 25.8 Å². The first kappa shape index (κ1) is 22.4. The summed E-state index contributed by atoms with van der Waals surface area (Å²) in [5.41, 5.74) is 2.09. The van der Waals surface area contributed by atoms with E-state index in [9.17, 15) is 9.59 Å². The van der Waals surface area contributed by atoms with Crippen LogP contribution >= 0.6 is 11.6 Å². The molecule has 1 fully saturated rings. The van der Waals surface area contributed by atoms with Gasteiger partial charge >= 0.3 is 0 Å². The fourth-order valence-electron chi connectivity index (χ4n) is 4.38. The number of likely N-dealkylation sites (N-methyl/N-ethyl adjacent to an activating group) is 1. The second kappa shape index (κ2) is 9.35. The molecule has 0 aliphatic carbocycles. The van der Waals surface area contributed by atoms with Crippen molar-refractivity contribution in [3.63, 3.8) is 0 Å². The van der Waals surface area contributed by atoms with E-state index in [1.165, 1.54) is 4.90 Å². The van der Waals surface area contributed by atoms with Crippen molar-refractivity contribution in [3.05, 3.63) is 64.8 Å². The minimum Gasteiger partial charge on any atom is -0.494 e. The highest BCUT2D eigenvalue weighted by Crippen LogP contribution is 2.36. The summed E-state index contributed by atoms with van der Waals surface area (Å²) in [6, 6.07) is 14.3. The van der Waals surface area contributed by atoms with Gasteiger partial charge in [-0.15, -0.1) is 0 Å². The highest BCUT2D eigenvalue weighted by atomic mass is 35.5. The van der Waals surface area contributed by atoms with E-state index in [2.05, 4.69) is 11.9 Å². The number of rotatable bonds is 6. The maximum atomic E-state index is 13.6. The zero-order valence-corrected chi connectivity index (χ0v) is 19.4. The molecule has 1 saturated heterocycles. The molecule has 32 heavy (non-hydrogen) atoms. The summed E-state index contributed by atoms with van der Waals surface area (Å²) in [7, 11) is 4.03. The van der Waals surface area contributed by atoms with Gasteiger partial charge in [0.15, 0.2) is 0 Å². The Balaban J connectivity index is 1.75. The third-order valence-corrected chi connectivity index (χ3v) is 6.44. The van der Waals surface area contributed by atoms with E-state index in [4.69, 9.17) is 16.3 Å². The number of imide groups is 1. The minimum atomic E-state index is -0.323. The monoisotopic (exact) mass is 453 g/mol. The highest BCUT2D eigenvalue weighted by Gasteiger charge is 2.43. The van der Waals surface area contributed by atoms with E-state index in [1.54, 1.807) is 24.3 Å². The number of likely N-dealkylation sites (tertiary alicyclic amines) is 1. The van der Waals surface area contributed by atoms with Crippen molar-refractivity contribution >= 4 is 34.7 Å². The highest BCUT2D eigenvalue weighted by molar-refractivity contribution is 6.45. The first-order valence-corrected chi connectivity index (χ1v) is 11.3. The van der Waals surface area contributed by atoms with Gasteiger partial charge in [-0.25, -0.2) is 4.90 Å². The van der Waals surface area contributed by atoms with Gasteiger partial charge in [0.2, 0.25) is 0 Å². The van der Waals surface area contributed by atoms with E-state index in [0.717, 1.165) is 31.7 Å². The lowest BCUT2D eigenvalue weighted by atomic mass is 10.00.